The summed E-state index contributed by atoms with van der Waals surface area (Å²) in [6.07, 6.45) is 7.05. The van der Waals surface area contributed by atoms with Gasteiger partial charge in [0.2, 0.25) is 12.7 Å². The first-order valence-corrected chi connectivity index (χ1v) is 9.03. The van der Waals surface area contributed by atoms with Crippen LogP contribution in [-0.4, -0.2) is 25.5 Å². The molecule has 4 rings (SSSR count). The Kier molecular flexibility index (Phi) is 5.30. The minimum Gasteiger partial charge on any atom is -0.480 e. The zero-order chi connectivity index (χ0) is 20.1. The first-order chi connectivity index (χ1) is 14.2. The van der Waals surface area contributed by atoms with Crippen molar-refractivity contribution in [3.63, 3.8) is 0 Å². The van der Waals surface area contributed by atoms with Crippen LogP contribution in [0.2, 0.25) is 0 Å². The molecule has 6 heteroatoms. The van der Waals surface area contributed by atoms with Crippen molar-refractivity contribution < 1.29 is 19.0 Å². The molecule has 0 spiro atoms. The van der Waals surface area contributed by atoms with E-state index in [0.717, 1.165) is 21.9 Å². The van der Waals surface area contributed by atoms with Crippen LogP contribution in [0, 0.1) is 12.3 Å². The molecule has 1 amide bonds. The van der Waals surface area contributed by atoms with Crippen LogP contribution in [0.1, 0.15) is 11.1 Å². The van der Waals surface area contributed by atoms with Gasteiger partial charge >= 0.3 is 0 Å². The van der Waals surface area contributed by atoms with Crippen LogP contribution in [0.3, 0.4) is 0 Å². The van der Waals surface area contributed by atoms with Gasteiger partial charge in [0.25, 0.3) is 0 Å². The smallest absolute Gasteiger partial charge is 0.244 e. The molecule has 0 bridgehead atoms. The van der Waals surface area contributed by atoms with Gasteiger partial charge in [-0.05, 0) is 34.5 Å². The molecule has 1 heterocycles. The minimum absolute atomic E-state index is 0.148. The second-order valence-corrected chi connectivity index (χ2v) is 6.35. The number of amides is 1. The molecule has 1 aliphatic heterocycles. The summed E-state index contributed by atoms with van der Waals surface area (Å²) in [5, 5.41) is 6.11. The van der Waals surface area contributed by atoms with Crippen molar-refractivity contribution in [2.24, 2.45) is 5.10 Å². The summed E-state index contributed by atoms with van der Waals surface area (Å²) in [7, 11) is 0. The van der Waals surface area contributed by atoms with Crippen LogP contribution in [0.5, 0.6) is 17.2 Å². The number of rotatable bonds is 6. The van der Waals surface area contributed by atoms with Gasteiger partial charge in [0, 0.05) is 5.56 Å². The maximum Gasteiger partial charge on any atom is 0.244 e. The molecule has 1 aliphatic rings. The van der Waals surface area contributed by atoms with Gasteiger partial charge in [0.1, 0.15) is 12.4 Å². The van der Waals surface area contributed by atoms with Crippen molar-refractivity contribution in [2.75, 3.05) is 13.4 Å². The Labute approximate surface area is 168 Å². The van der Waals surface area contributed by atoms with Gasteiger partial charge in [-0.1, -0.05) is 42.3 Å². The fourth-order valence-corrected chi connectivity index (χ4v) is 3.10. The third kappa shape index (κ3) is 4.14. The number of hydrazone groups is 1. The topological polar surface area (TPSA) is 69.2 Å². The highest BCUT2D eigenvalue weighted by molar-refractivity contribution is 6.02. The summed E-state index contributed by atoms with van der Waals surface area (Å²) in [5.41, 5.74) is 4.12. The number of fused-ring (bicyclic) bond motifs is 2. The minimum atomic E-state index is -0.244. The summed E-state index contributed by atoms with van der Waals surface area (Å²) in [6.45, 7) is 0.347. The predicted molar refractivity (Wildman–Crippen MR) is 110 cm³/mol. The van der Waals surface area contributed by atoms with E-state index >= 15 is 0 Å². The number of hydrogen-bond donors (Lipinski definition) is 1. The number of nitrogens with zero attached hydrogens (tertiary/aromatic N) is 1. The summed E-state index contributed by atoms with van der Waals surface area (Å²) >= 11 is 0. The maximum absolute atomic E-state index is 12.3. The first kappa shape index (κ1) is 18.4. The Morgan fingerprint density at radius 2 is 2.03 bits per heavy atom. The van der Waals surface area contributed by atoms with E-state index in [4.69, 9.17) is 20.6 Å². The van der Waals surface area contributed by atoms with E-state index in [1.807, 2.05) is 42.5 Å². The van der Waals surface area contributed by atoms with Gasteiger partial charge in [0.05, 0.1) is 12.6 Å². The molecule has 0 unspecified atom stereocenters. The Balaban J connectivity index is 1.49. The van der Waals surface area contributed by atoms with E-state index in [0.29, 0.717) is 17.2 Å². The highest BCUT2D eigenvalue weighted by atomic mass is 16.7. The normalized spacial score (nSPS) is 12.1. The molecule has 0 saturated heterocycles. The van der Waals surface area contributed by atoms with Crippen LogP contribution in [0.15, 0.2) is 59.7 Å². The lowest BCUT2D eigenvalue weighted by Crippen LogP contribution is -2.19. The zero-order valence-electron chi connectivity index (χ0n) is 15.6. The van der Waals surface area contributed by atoms with E-state index in [1.165, 1.54) is 0 Å². The Morgan fingerprint density at radius 3 is 2.93 bits per heavy atom. The Bertz CT molecular complexity index is 1130. The van der Waals surface area contributed by atoms with Gasteiger partial charge < -0.3 is 14.2 Å². The molecule has 0 aliphatic carbocycles. The number of nitrogens with one attached hydrogen (secondary N) is 1. The second-order valence-electron chi connectivity index (χ2n) is 6.35. The van der Waals surface area contributed by atoms with Crippen molar-refractivity contribution in [1.82, 2.24) is 5.43 Å². The Morgan fingerprint density at radius 1 is 1.17 bits per heavy atom. The fourth-order valence-electron chi connectivity index (χ4n) is 3.10. The van der Waals surface area contributed by atoms with Crippen LogP contribution in [0.4, 0.5) is 0 Å². The molecule has 3 aromatic carbocycles. The highest BCUT2D eigenvalue weighted by Crippen LogP contribution is 2.32. The quantitative estimate of drug-likeness (QED) is 0.401. The molecule has 0 saturated carbocycles. The van der Waals surface area contributed by atoms with Gasteiger partial charge in [-0.3, -0.25) is 4.79 Å². The van der Waals surface area contributed by atoms with Gasteiger partial charge in [-0.15, -0.1) is 6.42 Å². The number of hydrogen-bond acceptors (Lipinski definition) is 5. The summed E-state index contributed by atoms with van der Waals surface area (Å²) in [4.78, 5) is 12.3. The van der Waals surface area contributed by atoms with E-state index in [2.05, 4.69) is 16.4 Å². The van der Waals surface area contributed by atoms with Crippen LogP contribution >= 0.6 is 0 Å². The van der Waals surface area contributed by atoms with Crippen LogP contribution < -0.4 is 19.6 Å². The standard InChI is InChI=1S/C23H18N2O4/c1-2-11-27-20-10-8-17-5-3-4-6-18(17)19(20)14-24-25-23(26)13-16-7-9-21-22(12-16)29-15-28-21/h1,3-10,12,14H,11,13,15H2,(H,25,26). The van der Waals surface area contributed by atoms with Crippen molar-refractivity contribution in [2.45, 2.75) is 6.42 Å². The van der Waals surface area contributed by atoms with Crippen molar-refractivity contribution in [1.29, 1.82) is 0 Å². The predicted octanol–water partition coefficient (Wildman–Crippen LogP) is 3.27. The second kappa shape index (κ2) is 8.36. The van der Waals surface area contributed by atoms with E-state index in [-0.39, 0.29) is 25.7 Å². The van der Waals surface area contributed by atoms with E-state index in [9.17, 15) is 4.79 Å². The lowest BCUT2D eigenvalue weighted by molar-refractivity contribution is -0.120. The monoisotopic (exact) mass is 386 g/mol. The van der Waals surface area contributed by atoms with E-state index < -0.39 is 0 Å². The molecular formula is C23H18N2O4. The van der Waals surface area contributed by atoms with Crippen LogP contribution in [0.25, 0.3) is 10.8 Å². The highest BCUT2D eigenvalue weighted by Gasteiger charge is 2.14. The maximum atomic E-state index is 12.3. The third-order valence-corrected chi connectivity index (χ3v) is 4.43. The lowest BCUT2D eigenvalue weighted by atomic mass is 10.0. The van der Waals surface area contributed by atoms with Gasteiger partial charge in [-0.2, -0.15) is 5.10 Å². The number of benzene rings is 3. The number of terminal acetylenes is 1. The zero-order valence-corrected chi connectivity index (χ0v) is 15.6. The fraction of sp³-hybridized carbons (Fsp3) is 0.130. The molecule has 0 radical (unpaired) electrons. The average molecular weight is 386 g/mol. The van der Waals surface area contributed by atoms with Gasteiger partial charge in [0.15, 0.2) is 11.5 Å². The van der Waals surface area contributed by atoms with Crippen molar-refractivity contribution >= 4 is 22.9 Å². The molecule has 0 fully saturated rings. The van der Waals surface area contributed by atoms with Crippen molar-refractivity contribution in [3.05, 3.63) is 65.7 Å². The number of carbonyl (C=O) groups is 1. The largest absolute Gasteiger partial charge is 0.480 e. The third-order valence-electron chi connectivity index (χ3n) is 4.43. The molecule has 6 nitrogen and oxygen atoms in total. The molecule has 0 atom stereocenters. The first-order valence-electron chi connectivity index (χ1n) is 9.03. The molecule has 3 aromatic rings. The molecule has 0 aromatic heterocycles. The SMILES string of the molecule is C#CCOc1ccc2ccccc2c1C=NNC(=O)Cc1ccc2c(c1)OCO2. The summed E-state index contributed by atoms with van der Waals surface area (Å²) < 4.78 is 16.2. The van der Waals surface area contributed by atoms with Crippen LogP contribution in [-0.2, 0) is 11.2 Å². The Hall–Kier alpha value is -3.98. The molecular weight excluding hydrogens is 368 g/mol. The molecule has 29 heavy (non-hydrogen) atoms. The van der Waals surface area contributed by atoms with Gasteiger partial charge in [-0.25, -0.2) is 5.43 Å². The average Bonchev–Trinajstić information content (AvgIpc) is 3.20. The number of ether oxygens (including phenoxy) is 3. The summed E-state index contributed by atoms with van der Waals surface area (Å²) in [6, 6.07) is 17.1. The number of carbonyl (C=O) groups excluding carboxylic acids is 1. The van der Waals surface area contributed by atoms with Crippen molar-refractivity contribution in [3.8, 4) is 29.6 Å². The molecule has 1 N–H and O–H groups in total. The van der Waals surface area contributed by atoms with E-state index in [1.54, 1.807) is 18.3 Å². The molecule has 144 valence electrons. The summed E-state index contributed by atoms with van der Waals surface area (Å²) in [5.74, 6) is 4.14. The lowest BCUT2D eigenvalue weighted by Gasteiger charge is -2.10.